The lowest BCUT2D eigenvalue weighted by atomic mass is 10.2. The Labute approximate surface area is 164 Å². The Hall–Kier alpha value is -2.53. The van der Waals surface area contributed by atoms with Crippen LogP contribution in [0.1, 0.15) is 16.3 Å². The van der Waals surface area contributed by atoms with Crippen molar-refractivity contribution in [1.82, 2.24) is 10.4 Å². The van der Waals surface area contributed by atoms with Crippen LogP contribution in [0.4, 0.5) is 17.6 Å². The van der Waals surface area contributed by atoms with Gasteiger partial charge in [0.15, 0.2) is 5.76 Å². The van der Waals surface area contributed by atoms with Crippen LogP contribution in [0.3, 0.4) is 0 Å². The predicted molar refractivity (Wildman–Crippen MR) is 91.5 cm³/mol. The Kier molecular flexibility index (Phi) is 5.66. The van der Waals surface area contributed by atoms with Crippen molar-refractivity contribution >= 4 is 21.8 Å². The molecule has 150 valence electrons. The van der Waals surface area contributed by atoms with Gasteiger partial charge in [-0.3, -0.25) is 10.2 Å². The average molecular weight is 465 g/mol. The van der Waals surface area contributed by atoms with Gasteiger partial charge in [0.1, 0.15) is 18.1 Å². The molecule has 6 nitrogen and oxygen atoms in total. The SMILES string of the molecule is O=C(c1ccc(COc2ccc(Br)cc2)o1)N1NC(C(F)F)=CC1(O)C(F)F. The summed E-state index contributed by atoms with van der Waals surface area (Å²) in [6, 6.07) is 9.41. The molecule has 1 amide bonds. The quantitative estimate of drug-likeness (QED) is 0.637. The Balaban J connectivity index is 1.72. The van der Waals surface area contributed by atoms with Gasteiger partial charge >= 0.3 is 5.91 Å². The molecular weight excluding hydrogens is 452 g/mol. The molecule has 0 aliphatic carbocycles. The van der Waals surface area contributed by atoms with Crippen molar-refractivity contribution in [2.75, 3.05) is 0 Å². The number of halogens is 5. The van der Waals surface area contributed by atoms with Gasteiger partial charge in [-0.15, -0.1) is 0 Å². The first-order chi connectivity index (χ1) is 13.2. The molecule has 1 unspecified atom stereocenters. The van der Waals surface area contributed by atoms with E-state index in [1.807, 2.05) is 0 Å². The standard InChI is InChI=1S/C17H13BrF4N2O4/c18-9-1-3-10(4-2-9)27-8-11-5-6-13(28-11)15(25)24-17(26,16(21)22)7-12(23-24)14(19)20/h1-7,14,16,23,26H,8H2. The first-order valence-electron chi connectivity index (χ1n) is 7.80. The Morgan fingerprint density at radius 3 is 2.50 bits per heavy atom. The second-order valence-electron chi connectivity index (χ2n) is 5.75. The number of nitrogens with zero attached hydrogens (tertiary/aromatic N) is 1. The van der Waals surface area contributed by atoms with Crippen LogP contribution in [0.25, 0.3) is 0 Å². The molecular formula is C17H13BrF4N2O4. The molecule has 2 N–H and O–H groups in total. The normalized spacial score (nSPS) is 19.1. The number of allylic oxidation sites excluding steroid dienone is 1. The number of rotatable bonds is 6. The van der Waals surface area contributed by atoms with Crippen LogP contribution in [0.15, 0.2) is 57.1 Å². The largest absolute Gasteiger partial charge is 0.486 e. The van der Waals surface area contributed by atoms with Gasteiger partial charge in [0.2, 0.25) is 5.72 Å². The maximum Gasteiger partial charge on any atom is 0.311 e. The molecule has 0 bridgehead atoms. The lowest BCUT2D eigenvalue weighted by Gasteiger charge is -2.30. The maximum absolute atomic E-state index is 13.2. The number of hydrogen-bond donors (Lipinski definition) is 2. The van der Waals surface area contributed by atoms with Gasteiger partial charge in [-0.2, -0.15) is 0 Å². The van der Waals surface area contributed by atoms with Gasteiger partial charge in [-0.05, 0) is 36.4 Å². The molecule has 0 saturated carbocycles. The molecule has 28 heavy (non-hydrogen) atoms. The first-order valence-corrected chi connectivity index (χ1v) is 8.59. The molecule has 0 radical (unpaired) electrons. The number of carbonyl (C=O) groups is 1. The minimum atomic E-state index is -3.53. The summed E-state index contributed by atoms with van der Waals surface area (Å²) in [5.74, 6) is -0.978. The summed E-state index contributed by atoms with van der Waals surface area (Å²) in [6.07, 6.45) is -6.51. The van der Waals surface area contributed by atoms with E-state index in [2.05, 4.69) is 15.9 Å². The highest BCUT2D eigenvalue weighted by Gasteiger charge is 2.51. The van der Waals surface area contributed by atoms with E-state index in [0.29, 0.717) is 5.75 Å². The third-order valence-corrected chi connectivity index (χ3v) is 4.32. The van der Waals surface area contributed by atoms with Gasteiger partial charge in [-0.25, -0.2) is 22.6 Å². The summed E-state index contributed by atoms with van der Waals surface area (Å²) in [5.41, 5.74) is -2.44. The van der Waals surface area contributed by atoms with E-state index in [-0.39, 0.29) is 23.5 Å². The molecule has 1 aliphatic rings. The van der Waals surface area contributed by atoms with Crippen molar-refractivity contribution in [1.29, 1.82) is 0 Å². The van der Waals surface area contributed by atoms with Crippen molar-refractivity contribution in [3.8, 4) is 5.75 Å². The van der Waals surface area contributed by atoms with E-state index < -0.39 is 35.9 Å². The number of benzene rings is 1. The van der Waals surface area contributed by atoms with Crippen molar-refractivity contribution in [3.05, 3.63) is 64.2 Å². The molecule has 2 heterocycles. The molecule has 1 aromatic heterocycles. The molecule has 11 heteroatoms. The van der Waals surface area contributed by atoms with Gasteiger partial charge in [0.25, 0.3) is 12.9 Å². The highest BCUT2D eigenvalue weighted by Crippen LogP contribution is 2.31. The number of hydrogen-bond acceptors (Lipinski definition) is 5. The number of ether oxygens (including phenoxy) is 1. The second-order valence-corrected chi connectivity index (χ2v) is 6.66. The number of alkyl halides is 4. The average Bonchev–Trinajstić information content (AvgIpc) is 3.26. The molecule has 0 fully saturated rings. The van der Waals surface area contributed by atoms with Gasteiger partial charge in [0, 0.05) is 10.5 Å². The Morgan fingerprint density at radius 2 is 1.89 bits per heavy atom. The van der Waals surface area contributed by atoms with E-state index in [1.165, 1.54) is 6.07 Å². The van der Waals surface area contributed by atoms with Gasteiger partial charge in [-0.1, -0.05) is 15.9 Å². The number of aliphatic hydroxyl groups is 1. The molecule has 3 rings (SSSR count). The fourth-order valence-corrected chi connectivity index (χ4v) is 2.66. The van der Waals surface area contributed by atoms with Crippen molar-refractivity contribution in [3.63, 3.8) is 0 Å². The van der Waals surface area contributed by atoms with E-state index >= 15 is 0 Å². The minimum absolute atomic E-state index is 0.0113. The van der Waals surface area contributed by atoms with Gasteiger partial charge < -0.3 is 14.3 Å². The van der Waals surface area contributed by atoms with Crippen molar-refractivity contribution in [2.45, 2.75) is 25.2 Å². The Morgan fingerprint density at radius 1 is 1.21 bits per heavy atom. The zero-order chi connectivity index (χ0) is 20.5. The monoisotopic (exact) mass is 464 g/mol. The number of furan rings is 1. The summed E-state index contributed by atoms with van der Waals surface area (Å²) in [6.45, 7) is -0.0675. The van der Waals surface area contributed by atoms with Crippen molar-refractivity contribution in [2.24, 2.45) is 0 Å². The van der Waals surface area contributed by atoms with E-state index in [4.69, 9.17) is 9.15 Å². The van der Waals surface area contributed by atoms with Crippen LogP contribution in [0.5, 0.6) is 5.75 Å². The first kappa shape index (κ1) is 20.2. The van der Waals surface area contributed by atoms with Crippen LogP contribution < -0.4 is 10.2 Å². The summed E-state index contributed by atoms with van der Waals surface area (Å²) in [7, 11) is 0. The van der Waals surface area contributed by atoms with Crippen LogP contribution in [-0.4, -0.2) is 34.6 Å². The van der Waals surface area contributed by atoms with Gasteiger partial charge in [0.05, 0.1) is 5.70 Å². The number of amides is 1. The Bertz CT molecular complexity index is 888. The predicted octanol–water partition coefficient (Wildman–Crippen LogP) is 3.68. The molecule has 1 aromatic carbocycles. The van der Waals surface area contributed by atoms with Crippen LogP contribution in [0.2, 0.25) is 0 Å². The summed E-state index contributed by atoms with van der Waals surface area (Å²) >= 11 is 3.28. The molecule has 0 saturated heterocycles. The lowest BCUT2D eigenvalue weighted by molar-refractivity contribution is -0.147. The van der Waals surface area contributed by atoms with Crippen LogP contribution in [0, 0.1) is 0 Å². The van der Waals surface area contributed by atoms with Crippen LogP contribution >= 0.6 is 15.9 Å². The van der Waals surface area contributed by atoms with Crippen molar-refractivity contribution < 1.29 is 36.6 Å². The number of carbonyl (C=O) groups excluding carboxylic acids is 1. The molecule has 2 aromatic rings. The van der Waals surface area contributed by atoms with E-state index in [1.54, 1.807) is 29.7 Å². The smallest absolute Gasteiger partial charge is 0.311 e. The second kappa shape index (κ2) is 7.84. The zero-order valence-corrected chi connectivity index (χ0v) is 15.5. The number of hydrazine groups is 1. The summed E-state index contributed by atoms with van der Waals surface area (Å²) in [5, 5.41) is 9.98. The highest BCUT2D eigenvalue weighted by molar-refractivity contribution is 9.10. The third kappa shape index (κ3) is 3.99. The molecule has 0 spiro atoms. The number of nitrogens with one attached hydrogen (secondary N) is 1. The van der Waals surface area contributed by atoms with E-state index in [0.717, 1.165) is 10.5 Å². The fraction of sp³-hybridized carbons (Fsp3) is 0.235. The maximum atomic E-state index is 13.2. The van der Waals surface area contributed by atoms with E-state index in [9.17, 15) is 27.5 Å². The topological polar surface area (TPSA) is 74.9 Å². The third-order valence-electron chi connectivity index (χ3n) is 3.79. The summed E-state index contributed by atoms with van der Waals surface area (Å²) < 4.78 is 63.6. The molecule has 1 atom stereocenters. The highest BCUT2D eigenvalue weighted by atomic mass is 79.9. The fourth-order valence-electron chi connectivity index (χ4n) is 2.40. The summed E-state index contributed by atoms with van der Waals surface area (Å²) in [4.78, 5) is 12.4. The lowest BCUT2D eigenvalue weighted by Crippen LogP contribution is -2.56. The minimum Gasteiger partial charge on any atom is -0.486 e. The zero-order valence-electron chi connectivity index (χ0n) is 13.9. The van der Waals surface area contributed by atoms with Crippen LogP contribution in [-0.2, 0) is 6.61 Å². The molecule has 1 aliphatic heterocycles.